The van der Waals surface area contributed by atoms with Crippen molar-refractivity contribution in [2.24, 2.45) is 12.1 Å². The summed E-state index contributed by atoms with van der Waals surface area (Å²) in [5.74, 6) is -0.224. The second-order valence-corrected chi connectivity index (χ2v) is 7.51. The molecule has 150 valence electrons. The van der Waals surface area contributed by atoms with Crippen molar-refractivity contribution in [1.82, 2.24) is 5.43 Å². The van der Waals surface area contributed by atoms with Crippen LogP contribution in [0.25, 0.3) is 0 Å². The third kappa shape index (κ3) is 7.65. The van der Waals surface area contributed by atoms with E-state index < -0.39 is 10.1 Å². The van der Waals surface area contributed by atoms with Gasteiger partial charge in [-0.05, 0) is 30.7 Å². The maximum absolute atomic E-state index is 11.7. The van der Waals surface area contributed by atoms with Gasteiger partial charge < -0.3 is 4.55 Å². The molecule has 1 amide bonds. The summed E-state index contributed by atoms with van der Waals surface area (Å²) in [6.07, 6.45) is 5.22. The predicted octanol–water partition coefficient (Wildman–Crippen LogP) is 2.17. The highest BCUT2D eigenvalue weighted by molar-refractivity contribution is 7.85. The first-order valence-corrected chi connectivity index (χ1v) is 10.0. The number of pyridine rings is 1. The first kappa shape index (κ1) is 21.9. The molecule has 0 fully saturated rings. The van der Waals surface area contributed by atoms with E-state index in [9.17, 15) is 17.8 Å². The second kappa shape index (κ2) is 10.3. The Kier molecular flexibility index (Phi) is 7.76. The Morgan fingerprint density at radius 1 is 1.03 bits per heavy atom. The van der Waals surface area contributed by atoms with Crippen LogP contribution in [-0.4, -0.2) is 25.1 Å². The molecule has 0 bridgehead atoms. The highest BCUT2D eigenvalue weighted by Crippen LogP contribution is 2.08. The van der Waals surface area contributed by atoms with Crippen molar-refractivity contribution in [2.45, 2.75) is 11.8 Å². The van der Waals surface area contributed by atoms with Gasteiger partial charge in [-0.2, -0.15) is 5.10 Å². The van der Waals surface area contributed by atoms with Crippen LogP contribution in [0.4, 0.5) is 0 Å². The molecule has 1 heterocycles. The number of hydrazone groups is 1. The third-order valence-corrected chi connectivity index (χ3v) is 4.54. The minimum Gasteiger partial charge on any atom is -0.744 e. The van der Waals surface area contributed by atoms with Gasteiger partial charge in [0.1, 0.15) is 22.7 Å². The Morgan fingerprint density at radius 2 is 1.69 bits per heavy atom. The van der Waals surface area contributed by atoms with Crippen LogP contribution in [0.2, 0.25) is 0 Å². The molecular formula is C21H21N3O4S. The van der Waals surface area contributed by atoms with Crippen LogP contribution in [0, 0.1) is 6.92 Å². The number of hydrogen-bond acceptors (Lipinski definition) is 5. The Bertz CT molecular complexity index is 1080. The van der Waals surface area contributed by atoms with Gasteiger partial charge in [0.25, 0.3) is 5.91 Å². The number of rotatable bonds is 4. The van der Waals surface area contributed by atoms with E-state index in [4.69, 9.17) is 0 Å². The molecule has 3 aromatic rings. The van der Waals surface area contributed by atoms with E-state index in [2.05, 4.69) is 10.5 Å². The van der Waals surface area contributed by atoms with Crippen molar-refractivity contribution in [3.05, 3.63) is 95.8 Å². The number of carbonyl (C=O) groups is 1. The van der Waals surface area contributed by atoms with Crippen molar-refractivity contribution in [2.75, 3.05) is 0 Å². The molecule has 0 aliphatic heterocycles. The first-order valence-electron chi connectivity index (χ1n) is 8.62. The topological polar surface area (TPSA) is 103 Å². The zero-order chi connectivity index (χ0) is 21.3. The zero-order valence-corrected chi connectivity index (χ0v) is 16.8. The van der Waals surface area contributed by atoms with E-state index in [1.54, 1.807) is 30.6 Å². The molecule has 8 heteroatoms. The maximum Gasteiger partial charge on any atom is 0.277 e. The molecule has 0 saturated carbocycles. The van der Waals surface area contributed by atoms with Crippen molar-refractivity contribution >= 4 is 22.2 Å². The summed E-state index contributed by atoms with van der Waals surface area (Å²) in [5.41, 5.74) is 4.94. The molecule has 0 atom stereocenters. The van der Waals surface area contributed by atoms with Gasteiger partial charge in [-0.1, -0.05) is 48.0 Å². The van der Waals surface area contributed by atoms with Crippen molar-refractivity contribution in [3.8, 4) is 0 Å². The Hall–Kier alpha value is -3.36. The van der Waals surface area contributed by atoms with Gasteiger partial charge in [-0.3, -0.25) is 4.79 Å². The smallest absolute Gasteiger partial charge is 0.277 e. The van der Waals surface area contributed by atoms with Gasteiger partial charge >= 0.3 is 0 Å². The van der Waals surface area contributed by atoms with E-state index in [1.165, 1.54) is 12.1 Å². The van der Waals surface area contributed by atoms with E-state index in [1.807, 2.05) is 61.1 Å². The third-order valence-electron chi connectivity index (χ3n) is 3.69. The lowest BCUT2D eigenvalue weighted by molar-refractivity contribution is -0.671. The largest absolute Gasteiger partial charge is 0.744 e. The molecule has 2 aromatic carbocycles. The monoisotopic (exact) mass is 411 g/mol. The summed E-state index contributed by atoms with van der Waals surface area (Å²) in [5, 5.41) is 3.91. The van der Waals surface area contributed by atoms with Crippen molar-refractivity contribution in [3.63, 3.8) is 0 Å². The maximum atomic E-state index is 11.7. The lowest BCUT2D eigenvalue weighted by atomic mass is 10.2. The number of carbonyl (C=O) groups excluding carboxylic acids is 1. The minimum absolute atomic E-state index is 0.178. The first-order chi connectivity index (χ1) is 13.8. The summed E-state index contributed by atoms with van der Waals surface area (Å²) in [4.78, 5) is 11.6. The van der Waals surface area contributed by atoms with Crippen LogP contribution in [0.3, 0.4) is 0 Å². The zero-order valence-electron chi connectivity index (χ0n) is 16.0. The van der Waals surface area contributed by atoms with Crippen LogP contribution < -0.4 is 9.99 Å². The molecule has 0 aliphatic carbocycles. The van der Waals surface area contributed by atoms with E-state index >= 15 is 0 Å². The lowest BCUT2D eigenvalue weighted by Gasteiger charge is -2.05. The summed E-state index contributed by atoms with van der Waals surface area (Å²) in [7, 11) is -2.40. The molecule has 29 heavy (non-hydrogen) atoms. The Balaban J connectivity index is 0.000000234. The van der Waals surface area contributed by atoms with Gasteiger partial charge in [0.05, 0.1) is 11.1 Å². The highest BCUT2D eigenvalue weighted by atomic mass is 32.2. The van der Waals surface area contributed by atoms with Gasteiger partial charge in [0.2, 0.25) is 0 Å². The minimum atomic E-state index is -4.27. The Morgan fingerprint density at radius 3 is 2.28 bits per heavy atom. The average molecular weight is 411 g/mol. The van der Waals surface area contributed by atoms with E-state index in [-0.39, 0.29) is 10.8 Å². The standard InChI is InChI=1S/C14H13N3O.C7H8O3S/c1-17-9-5-8-13(11-17)14(18)16-15-10-12-6-3-2-4-7-12;1-6-2-4-7(5-3-6)11(8,9)10/h2-11H,1H3;2-5H,1H3,(H,8,9,10)/b15-10+;. The summed E-state index contributed by atoms with van der Waals surface area (Å²) >= 11 is 0. The number of nitrogens with one attached hydrogen (secondary N) is 1. The highest BCUT2D eigenvalue weighted by Gasteiger charge is 2.07. The molecular weight excluding hydrogens is 390 g/mol. The van der Waals surface area contributed by atoms with Gasteiger partial charge in [-0.15, -0.1) is 0 Å². The molecule has 1 aromatic heterocycles. The number of nitrogens with zero attached hydrogens (tertiary/aromatic N) is 2. The van der Waals surface area contributed by atoms with Crippen LogP contribution in [0.1, 0.15) is 21.5 Å². The molecule has 0 radical (unpaired) electrons. The summed E-state index contributed by atoms with van der Waals surface area (Å²) in [6.45, 7) is 1.82. The van der Waals surface area contributed by atoms with E-state index in [0.29, 0.717) is 5.56 Å². The SMILES string of the molecule is C[n+]1cccc(C(=O)N/N=C/c2ccccc2)c1.Cc1ccc(S(=O)(=O)[O-])cc1. The fraction of sp³-hybridized carbons (Fsp3) is 0.0952. The van der Waals surface area contributed by atoms with Crippen LogP contribution >= 0.6 is 0 Å². The lowest BCUT2D eigenvalue weighted by Crippen LogP contribution is -2.29. The normalized spacial score (nSPS) is 10.9. The Labute approximate surface area is 170 Å². The van der Waals surface area contributed by atoms with Crippen LogP contribution in [0.15, 0.2) is 89.1 Å². The predicted molar refractivity (Wildman–Crippen MR) is 108 cm³/mol. The number of hydrogen-bond donors (Lipinski definition) is 1. The van der Waals surface area contributed by atoms with Crippen LogP contribution in [0.5, 0.6) is 0 Å². The number of aryl methyl sites for hydroxylation is 2. The van der Waals surface area contributed by atoms with Crippen LogP contribution in [-0.2, 0) is 17.2 Å². The fourth-order valence-corrected chi connectivity index (χ4v) is 2.67. The molecule has 3 rings (SSSR count). The van der Waals surface area contributed by atoms with Gasteiger partial charge in [0.15, 0.2) is 12.4 Å². The second-order valence-electron chi connectivity index (χ2n) is 6.14. The van der Waals surface area contributed by atoms with Crippen molar-refractivity contribution < 1.29 is 22.3 Å². The number of benzene rings is 2. The summed E-state index contributed by atoms with van der Waals surface area (Å²) in [6, 6.07) is 18.9. The van der Waals surface area contributed by atoms with Gasteiger partial charge in [0, 0.05) is 6.07 Å². The fourth-order valence-electron chi connectivity index (χ4n) is 2.20. The van der Waals surface area contributed by atoms with Crippen molar-refractivity contribution in [1.29, 1.82) is 0 Å². The number of aromatic nitrogens is 1. The molecule has 0 aliphatic rings. The average Bonchev–Trinajstić information content (AvgIpc) is 2.69. The summed E-state index contributed by atoms with van der Waals surface area (Å²) < 4.78 is 33.0. The quantitative estimate of drug-likeness (QED) is 0.308. The number of amides is 1. The molecule has 0 unspecified atom stereocenters. The molecule has 0 spiro atoms. The molecule has 0 saturated heterocycles. The molecule has 1 N–H and O–H groups in total. The molecule has 7 nitrogen and oxygen atoms in total. The van der Waals surface area contributed by atoms with E-state index in [0.717, 1.165) is 11.1 Å². The van der Waals surface area contributed by atoms with Gasteiger partial charge in [-0.25, -0.2) is 18.4 Å².